The Kier molecular flexibility index (Phi) is 8.06. The molecule has 30 heavy (non-hydrogen) atoms. The second kappa shape index (κ2) is 10.7. The molecule has 1 aliphatic rings. The molecule has 0 radical (unpaired) electrons. The van der Waals surface area contributed by atoms with Crippen LogP contribution < -0.4 is 9.47 Å². The quantitative estimate of drug-likeness (QED) is 0.399. The van der Waals surface area contributed by atoms with Gasteiger partial charge in [-0.25, -0.2) is 8.78 Å². The average molecular weight is 421 g/mol. The summed E-state index contributed by atoms with van der Waals surface area (Å²) in [6.07, 6.45) is 7.13. The van der Waals surface area contributed by atoms with E-state index in [1.165, 1.54) is 7.11 Å². The number of unbranched alkanes of at least 4 members (excludes halogenated alkanes) is 2. The van der Waals surface area contributed by atoms with Crippen LogP contribution in [0.5, 0.6) is 11.5 Å². The minimum atomic E-state index is -0.883. The minimum Gasteiger partial charge on any atom is -0.494 e. The zero-order valence-electron chi connectivity index (χ0n) is 17.9. The third-order valence-electron chi connectivity index (χ3n) is 6.15. The van der Waals surface area contributed by atoms with Crippen molar-refractivity contribution in [1.29, 1.82) is 0 Å². The first-order valence-electron chi connectivity index (χ1n) is 11.0. The number of methoxy groups -OCH3 is 1. The van der Waals surface area contributed by atoms with Gasteiger partial charge in [-0.15, -0.1) is 0 Å². The minimum absolute atomic E-state index is 0.00825. The Hall–Kier alpha value is -2.17. The van der Waals surface area contributed by atoms with E-state index >= 15 is 0 Å². The maximum Gasteiger partial charge on any atom is 0.200 e. The van der Waals surface area contributed by atoms with E-state index in [1.807, 2.05) is 6.07 Å². The summed E-state index contributed by atoms with van der Waals surface area (Å²) < 4.78 is 53.2. The Labute approximate surface area is 177 Å². The molecule has 0 aromatic heterocycles. The lowest BCUT2D eigenvalue weighted by molar-refractivity contribution is 0.192. The van der Waals surface area contributed by atoms with Gasteiger partial charge in [0.1, 0.15) is 0 Å². The van der Waals surface area contributed by atoms with Crippen LogP contribution >= 0.6 is 0 Å². The molecule has 0 unspecified atom stereocenters. The monoisotopic (exact) mass is 420 g/mol. The fourth-order valence-corrected chi connectivity index (χ4v) is 4.25. The van der Waals surface area contributed by atoms with Gasteiger partial charge in [-0.1, -0.05) is 31.9 Å². The lowest BCUT2D eigenvalue weighted by Gasteiger charge is -2.29. The summed E-state index contributed by atoms with van der Waals surface area (Å²) in [5, 5.41) is 0. The third-order valence-corrected chi connectivity index (χ3v) is 6.15. The zero-order chi connectivity index (χ0) is 21.5. The van der Waals surface area contributed by atoms with Crippen molar-refractivity contribution in [3.8, 4) is 11.5 Å². The number of rotatable bonds is 9. The second-order valence-electron chi connectivity index (χ2n) is 8.23. The fraction of sp³-hybridized carbons (Fsp3) is 0.520. The molecule has 0 N–H and O–H groups in total. The summed E-state index contributed by atoms with van der Waals surface area (Å²) >= 11 is 0. The van der Waals surface area contributed by atoms with Crippen molar-refractivity contribution in [3.05, 3.63) is 58.9 Å². The Bertz CT molecular complexity index is 829. The normalized spacial score (nSPS) is 19.0. The highest BCUT2D eigenvalue weighted by Gasteiger charge is 2.24. The van der Waals surface area contributed by atoms with Gasteiger partial charge in [-0.2, -0.15) is 4.39 Å². The summed E-state index contributed by atoms with van der Waals surface area (Å²) in [4.78, 5) is 0. The maximum absolute atomic E-state index is 14.4. The Balaban J connectivity index is 1.51. The highest BCUT2D eigenvalue weighted by molar-refractivity contribution is 5.32. The molecule has 3 rings (SSSR count). The van der Waals surface area contributed by atoms with Crippen LogP contribution in [0.4, 0.5) is 13.2 Å². The lowest BCUT2D eigenvalue weighted by atomic mass is 9.79. The van der Waals surface area contributed by atoms with Crippen LogP contribution in [0.25, 0.3) is 0 Å². The van der Waals surface area contributed by atoms with Crippen LogP contribution in [0.1, 0.15) is 68.9 Å². The zero-order valence-corrected chi connectivity index (χ0v) is 17.9. The van der Waals surface area contributed by atoms with Crippen molar-refractivity contribution < 1.29 is 22.6 Å². The molecule has 0 spiro atoms. The molecule has 2 aromatic carbocycles. The molecule has 164 valence electrons. The highest BCUT2D eigenvalue weighted by atomic mass is 19.2. The van der Waals surface area contributed by atoms with Crippen molar-refractivity contribution >= 4 is 0 Å². The number of halogens is 3. The highest BCUT2D eigenvalue weighted by Crippen LogP contribution is 2.37. The largest absolute Gasteiger partial charge is 0.494 e. The molecular formula is C25H31F3O2. The molecular weight excluding hydrogens is 389 g/mol. The van der Waals surface area contributed by atoms with E-state index in [4.69, 9.17) is 9.47 Å². The van der Waals surface area contributed by atoms with Gasteiger partial charge in [0.15, 0.2) is 23.1 Å². The van der Waals surface area contributed by atoms with Crippen molar-refractivity contribution in [2.24, 2.45) is 5.92 Å². The lowest BCUT2D eigenvalue weighted by Crippen LogP contribution is -2.20. The van der Waals surface area contributed by atoms with Crippen molar-refractivity contribution in [1.82, 2.24) is 0 Å². The summed E-state index contributed by atoms with van der Waals surface area (Å²) in [5.41, 5.74) is 1.40. The van der Waals surface area contributed by atoms with Crippen LogP contribution in [0.15, 0.2) is 30.3 Å². The predicted octanol–water partition coefficient (Wildman–Crippen LogP) is 7.20. The molecule has 0 heterocycles. The first kappa shape index (κ1) is 22.5. The molecule has 0 saturated heterocycles. The molecule has 5 heteroatoms. The number of aryl methyl sites for hydroxylation is 1. The Morgan fingerprint density at radius 3 is 2.30 bits per heavy atom. The predicted molar refractivity (Wildman–Crippen MR) is 113 cm³/mol. The molecule has 2 aromatic rings. The van der Waals surface area contributed by atoms with Gasteiger partial charge in [0, 0.05) is 0 Å². The van der Waals surface area contributed by atoms with Crippen LogP contribution in [-0.2, 0) is 6.42 Å². The Morgan fingerprint density at radius 1 is 0.900 bits per heavy atom. The van der Waals surface area contributed by atoms with E-state index in [9.17, 15) is 13.2 Å². The van der Waals surface area contributed by atoms with E-state index in [2.05, 4.69) is 6.92 Å². The topological polar surface area (TPSA) is 18.5 Å². The van der Waals surface area contributed by atoms with Gasteiger partial charge >= 0.3 is 0 Å². The first-order valence-corrected chi connectivity index (χ1v) is 11.0. The van der Waals surface area contributed by atoms with Gasteiger partial charge in [0.05, 0.1) is 13.7 Å². The average Bonchev–Trinajstić information content (AvgIpc) is 2.76. The van der Waals surface area contributed by atoms with Gasteiger partial charge < -0.3 is 9.47 Å². The second-order valence-corrected chi connectivity index (χ2v) is 8.23. The maximum atomic E-state index is 14.4. The molecule has 1 fully saturated rings. The number of hydrogen-bond acceptors (Lipinski definition) is 2. The van der Waals surface area contributed by atoms with E-state index in [0.717, 1.165) is 50.5 Å². The van der Waals surface area contributed by atoms with E-state index in [0.29, 0.717) is 24.5 Å². The van der Waals surface area contributed by atoms with Gasteiger partial charge in [-0.05, 0) is 79.7 Å². The Morgan fingerprint density at radius 2 is 1.63 bits per heavy atom. The summed E-state index contributed by atoms with van der Waals surface area (Å²) in [5.74, 6) is -1.16. The third kappa shape index (κ3) is 5.50. The van der Waals surface area contributed by atoms with Crippen LogP contribution in [-0.4, -0.2) is 13.7 Å². The molecule has 0 aliphatic heterocycles. The van der Waals surface area contributed by atoms with Crippen LogP contribution in [0.2, 0.25) is 0 Å². The van der Waals surface area contributed by atoms with Gasteiger partial charge in [0.25, 0.3) is 0 Å². The first-order chi connectivity index (χ1) is 14.5. The molecule has 0 bridgehead atoms. The molecule has 2 nitrogen and oxygen atoms in total. The summed E-state index contributed by atoms with van der Waals surface area (Å²) in [6.45, 7) is 2.45. The fourth-order valence-electron chi connectivity index (χ4n) is 4.25. The number of hydrogen-bond donors (Lipinski definition) is 0. The SMILES string of the molecule is CCCCCc1ccc(OCC2CCC(c3ccc(OC)c(F)c3)CC2)c(F)c1F. The summed E-state index contributed by atoms with van der Waals surface area (Å²) in [6, 6.07) is 8.33. The van der Waals surface area contributed by atoms with E-state index < -0.39 is 11.6 Å². The summed E-state index contributed by atoms with van der Waals surface area (Å²) in [7, 11) is 1.46. The van der Waals surface area contributed by atoms with Gasteiger partial charge in [-0.3, -0.25) is 0 Å². The molecule has 1 aliphatic carbocycles. The molecule has 0 amide bonds. The van der Waals surface area contributed by atoms with Crippen LogP contribution in [0, 0.1) is 23.4 Å². The van der Waals surface area contributed by atoms with E-state index in [-0.39, 0.29) is 23.2 Å². The smallest absolute Gasteiger partial charge is 0.200 e. The van der Waals surface area contributed by atoms with Crippen molar-refractivity contribution in [2.45, 2.75) is 64.2 Å². The molecule has 1 saturated carbocycles. The van der Waals surface area contributed by atoms with Crippen LogP contribution in [0.3, 0.4) is 0 Å². The van der Waals surface area contributed by atoms with Gasteiger partial charge in [0.2, 0.25) is 5.82 Å². The number of ether oxygens (including phenoxy) is 2. The molecule has 0 atom stereocenters. The van der Waals surface area contributed by atoms with Crippen molar-refractivity contribution in [2.75, 3.05) is 13.7 Å². The van der Waals surface area contributed by atoms with E-state index in [1.54, 1.807) is 24.3 Å². The standard InChI is InChI=1S/C25H31F3O2/c1-3-4-5-6-19-11-14-23(25(28)24(19)27)30-16-17-7-9-18(10-8-17)20-12-13-22(29-2)21(26)15-20/h11-15,17-18H,3-10,16H2,1-2H3. The number of benzene rings is 2. The van der Waals surface area contributed by atoms with Crippen molar-refractivity contribution in [3.63, 3.8) is 0 Å².